The van der Waals surface area contributed by atoms with Crippen LogP contribution in [0.15, 0.2) is 18.2 Å². The predicted molar refractivity (Wildman–Crippen MR) is 48.4 cm³/mol. The monoisotopic (exact) mass is 182 g/mol. The van der Waals surface area contributed by atoms with Crippen LogP contribution in [0.1, 0.15) is 18.5 Å². The molecule has 0 spiro atoms. The molecule has 0 radical (unpaired) electrons. The summed E-state index contributed by atoms with van der Waals surface area (Å²) in [5.74, 6) is -0.848. The molecule has 0 saturated carbocycles. The van der Waals surface area contributed by atoms with Crippen molar-refractivity contribution < 1.29 is 9.18 Å². The molecule has 1 rings (SSSR count). The molecule has 0 aliphatic carbocycles. The summed E-state index contributed by atoms with van der Waals surface area (Å²) in [6.07, 6.45) is 0. The van der Waals surface area contributed by atoms with Crippen molar-refractivity contribution in [3.8, 4) is 0 Å². The molecule has 3 nitrogen and oxygen atoms in total. The number of carbonyl (C=O) groups is 1. The lowest BCUT2D eigenvalue weighted by Crippen LogP contribution is -2.21. The van der Waals surface area contributed by atoms with Gasteiger partial charge in [-0.3, -0.25) is 4.79 Å². The molecular formula is C9H11FN2O. The third-order valence-corrected chi connectivity index (χ3v) is 1.84. The summed E-state index contributed by atoms with van der Waals surface area (Å²) in [5.41, 5.74) is 11.2. The zero-order valence-electron chi connectivity index (χ0n) is 7.25. The molecule has 0 saturated heterocycles. The second kappa shape index (κ2) is 3.53. The third kappa shape index (κ3) is 1.84. The minimum Gasteiger partial charge on any atom is -0.398 e. The first-order valence-corrected chi connectivity index (χ1v) is 3.84. The van der Waals surface area contributed by atoms with Crippen molar-refractivity contribution in [2.24, 2.45) is 5.73 Å². The predicted octanol–water partition coefficient (Wildman–Crippen LogP) is 0.997. The second-order valence-corrected chi connectivity index (χ2v) is 2.83. The van der Waals surface area contributed by atoms with Gasteiger partial charge in [0.2, 0.25) is 0 Å². The van der Waals surface area contributed by atoms with E-state index < -0.39 is 11.9 Å². The fourth-order valence-corrected chi connectivity index (χ4v) is 1.09. The molecule has 0 heterocycles. The van der Waals surface area contributed by atoms with Crippen molar-refractivity contribution in [1.29, 1.82) is 0 Å². The van der Waals surface area contributed by atoms with Gasteiger partial charge in [0.25, 0.3) is 0 Å². The van der Waals surface area contributed by atoms with Crippen molar-refractivity contribution in [3.63, 3.8) is 0 Å². The number of ketones is 1. The number of rotatable bonds is 2. The fraction of sp³-hybridized carbons (Fsp3) is 0.222. The maximum atomic E-state index is 13.1. The Morgan fingerprint density at radius 2 is 2.15 bits per heavy atom. The molecule has 0 bridgehead atoms. The molecule has 0 aliphatic heterocycles. The molecule has 1 atom stereocenters. The van der Waals surface area contributed by atoms with E-state index in [-0.39, 0.29) is 17.0 Å². The first-order valence-electron chi connectivity index (χ1n) is 3.84. The molecule has 1 aromatic carbocycles. The second-order valence-electron chi connectivity index (χ2n) is 2.83. The Hall–Kier alpha value is -1.42. The summed E-state index contributed by atoms with van der Waals surface area (Å²) >= 11 is 0. The van der Waals surface area contributed by atoms with Crippen LogP contribution in [-0.2, 0) is 4.79 Å². The van der Waals surface area contributed by atoms with Gasteiger partial charge in [-0.2, -0.15) is 0 Å². The van der Waals surface area contributed by atoms with Crippen LogP contribution in [0.3, 0.4) is 0 Å². The van der Waals surface area contributed by atoms with Crippen LogP contribution in [0.4, 0.5) is 10.1 Å². The highest BCUT2D eigenvalue weighted by Gasteiger charge is 2.17. The minimum absolute atomic E-state index is 0.0787. The number of hydrogen-bond acceptors (Lipinski definition) is 3. The molecule has 4 N–H and O–H groups in total. The van der Waals surface area contributed by atoms with Crippen LogP contribution in [-0.4, -0.2) is 5.78 Å². The summed E-state index contributed by atoms with van der Waals surface area (Å²) in [5, 5.41) is 0. The largest absolute Gasteiger partial charge is 0.398 e. The lowest BCUT2D eigenvalue weighted by atomic mass is 10.0. The van der Waals surface area contributed by atoms with Crippen molar-refractivity contribution in [2.45, 2.75) is 13.0 Å². The highest BCUT2D eigenvalue weighted by Crippen LogP contribution is 2.22. The highest BCUT2D eigenvalue weighted by molar-refractivity contribution is 5.84. The van der Waals surface area contributed by atoms with E-state index in [9.17, 15) is 9.18 Å². The standard InChI is InChI=1S/C9H11FN2O/c1-5(13)9(12)8-6(10)3-2-4-7(8)11/h2-4,9H,11-12H2,1H3. The van der Waals surface area contributed by atoms with Crippen LogP contribution in [0.2, 0.25) is 0 Å². The van der Waals surface area contributed by atoms with Gasteiger partial charge in [-0.1, -0.05) is 6.07 Å². The van der Waals surface area contributed by atoms with Gasteiger partial charge in [0.05, 0.1) is 6.04 Å². The Kier molecular flexibility index (Phi) is 2.63. The van der Waals surface area contributed by atoms with Crippen molar-refractivity contribution in [1.82, 2.24) is 0 Å². The van der Waals surface area contributed by atoms with Gasteiger partial charge in [-0.05, 0) is 19.1 Å². The smallest absolute Gasteiger partial charge is 0.151 e. The number of nitrogens with two attached hydrogens (primary N) is 2. The number of benzene rings is 1. The number of hydrogen-bond donors (Lipinski definition) is 2. The van der Waals surface area contributed by atoms with E-state index in [2.05, 4.69) is 0 Å². The van der Waals surface area contributed by atoms with E-state index in [4.69, 9.17) is 11.5 Å². The average Bonchev–Trinajstić information content (AvgIpc) is 2.03. The molecule has 1 aromatic rings. The topological polar surface area (TPSA) is 69.1 Å². The number of halogens is 1. The summed E-state index contributed by atoms with van der Waals surface area (Å²) in [6.45, 7) is 1.30. The fourth-order valence-electron chi connectivity index (χ4n) is 1.09. The SMILES string of the molecule is CC(=O)C(N)c1c(N)cccc1F. The van der Waals surface area contributed by atoms with E-state index in [1.54, 1.807) is 0 Å². The number of carbonyl (C=O) groups excluding carboxylic acids is 1. The van der Waals surface area contributed by atoms with Crippen molar-refractivity contribution in [3.05, 3.63) is 29.6 Å². The summed E-state index contributed by atoms with van der Waals surface area (Å²) < 4.78 is 13.1. The number of anilines is 1. The van der Waals surface area contributed by atoms with Gasteiger partial charge in [-0.25, -0.2) is 4.39 Å². The molecule has 4 heteroatoms. The van der Waals surface area contributed by atoms with E-state index in [1.165, 1.54) is 25.1 Å². The summed E-state index contributed by atoms with van der Waals surface area (Å²) in [4.78, 5) is 10.9. The average molecular weight is 182 g/mol. The normalized spacial score (nSPS) is 12.5. The van der Waals surface area contributed by atoms with Gasteiger partial charge in [0.1, 0.15) is 5.82 Å². The van der Waals surface area contributed by atoms with Crippen LogP contribution in [0, 0.1) is 5.82 Å². The Balaban J connectivity index is 3.20. The lowest BCUT2D eigenvalue weighted by molar-refractivity contribution is -0.118. The maximum Gasteiger partial charge on any atom is 0.151 e. The van der Waals surface area contributed by atoms with Crippen LogP contribution in [0.25, 0.3) is 0 Å². The number of nitrogen functional groups attached to an aromatic ring is 1. The Labute approximate surface area is 75.5 Å². The highest BCUT2D eigenvalue weighted by atomic mass is 19.1. The van der Waals surface area contributed by atoms with Crippen LogP contribution in [0.5, 0.6) is 0 Å². The van der Waals surface area contributed by atoms with Gasteiger partial charge in [0, 0.05) is 11.3 Å². The Morgan fingerprint density at radius 3 is 2.62 bits per heavy atom. The Bertz CT molecular complexity index is 318. The van der Waals surface area contributed by atoms with E-state index >= 15 is 0 Å². The van der Waals surface area contributed by atoms with Gasteiger partial charge >= 0.3 is 0 Å². The summed E-state index contributed by atoms with van der Waals surface area (Å²) in [7, 11) is 0. The summed E-state index contributed by atoms with van der Waals surface area (Å²) in [6, 6.07) is 3.25. The minimum atomic E-state index is -0.971. The Morgan fingerprint density at radius 1 is 1.54 bits per heavy atom. The molecule has 0 aromatic heterocycles. The van der Waals surface area contributed by atoms with Gasteiger partial charge in [-0.15, -0.1) is 0 Å². The van der Waals surface area contributed by atoms with Crippen LogP contribution >= 0.6 is 0 Å². The zero-order valence-corrected chi connectivity index (χ0v) is 7.25. The first-order chi connectivity index (χ1) is 6.04. The van der Waals surface area contributed by atoms with E-state index in [0.717, 1.165) is 0 Å². The zero-order chi connectivity index (χ0) is 10.0. The van der Waals surface area contributed by atoms with Crippen LogP contribution < -0.4 is 11.5 Å². The maximum absolute atomic E-state index is 13.1. The van der Waals surface area contributed by atoms with E-state index in [1.807, 2.05) is 0 Å². The lowest BCUT2D eigenvalue weighted by Gasteiger charge is -2.11. The quantitative estimate of drug-likeness (QED) is 0.670. The molecule has 0 amide bonds. The first kappa shape index (κ1) is 9.67. The molecular weight excluding hydrogens is 171 g/mol. The van der Waals surface area contributed by atoms with Gasteiger partial charge < -0.3 is 11.5 Å². The number of Topliss-reactive ketones (excluding diaryl/α,β-unsaturated/α-hetero) is 1. The third-order valence-electron chi connectivity index (χ3n) is 1.84. The van der Waals surface area contributed by atoms with Gasteiger partial charge in [0.15, 0.2) is 5.78 Å². The molecule has 70 valence electrons. The molecule has 13 heavy (non-hydrogen) atoms. The van der Waals surface area contributed by atoms with Crippen molar-refractivity contribution >= 4 is 11.5 Å². The molecule has 0 fully saturated rings. The molecule has 1 unspecified atom stereocenters. The van der Waals surface area contributed by atoms with E-state index in [0.29, 0.717) is 0 Å². The molecule has 0 aliphatic rings. The van der Waals surface area contributed by atoms with Crippen molar-refractivity contribution in [2.75, 3.05) is 5.73 Å².